The Labute approximate surface area is 165 Å². The van der Waals surface area contributed by atoms with E-state index in [1.807, 2.05) is 0 Å². The molecule has 0 spiro atoms. The van der Waals surface area contributed by atoms with Gasteiger partial charge in [-0.15, -0.1) is 0 Å². The van der Waals surface area contributed by atoms with Crippen LogP contribution in [-0.2, 0) is 19.8 Å². The first-order chi connectivity index (χ1) is 13.3. The van der Waals surface area contributed by atoms with E-state index in [2.05, 4.69) is 105 Å². The van der Waals surface area contributed by atoms with Crippen LogP contribution in [0.5, 0.6) is 0 Å². The van der Waals surface area contributed by atoms with Gasteiger partial charge in [0.1, 0.15) is 0 Å². The van der Waals surface area contributed by atoms with Gasteiger partial charge in [0.25, 0.3) is 0 Å². The maximum atomic E-state index is 2.69. The SMILES string of the molecule is [CH3][Zr](=[CH]c1ccccc1)([C]1=CC=CC1)[CH]1c2ccccc2-c2ccccc21. The van der Waals surface area contributed by atoms with Crippen LogP contribution in [0.4, 0.5) is 0 Å². The van der Waals surface area contributed by atoms with Crippen molar-refractivity contribution in [3.8, 4) is 11.1 Å². The van der Waals surface area contributed by atoms with Crippen molar-refractivity contribution in [1.82, 2.24) is 0 Å². The summed E-state index contributed by atoms with van der Waals surface area (Å²) in [4.78, 5) is 0. The van der Waals surface area contributed by atoms with Crippen molar-refractivity contribution in [2.45, 2.75) is 14.7 Å². The van der Waals surface area contributed by atoms with Gasteiger partial charge in [-0.2, -0.15) is 0 Å². The Morgan fingerprint density at radius 1 is 0.778 bits per heavy atom. The topological polar surface area (TPSA) is 0 Å². The second-order valence-electron chi connectivity index (χ2n) is 7.77. The molecule has 0 aliphatic heterocycles. The van der Waals surface area contributed by atoms with E-state index in [-0.39, 0.29) is 0 Å². The minimum absolute atomic E-state index is 0.540. The fourth-order valence-corrected chi connectivity index (χ4v) is 15.8. The molecule has 0 saturated heterocycles. The molecule has 27 heavy (non-hydrogen) atoms. The van der Waals surface area contributed by atoms with Crippen LogP contribution in [0.3, 0.4) is 0 Å². The molecule has 0 heterocycles. The van der Waals surface area contributed by atoms with E-state index in [1.165, 1.54) is 27.8 Å². The molecule has 3 aromatic rings. The third kappa shape index (κ3) is 2.81. The van der Waals surface area contributed by atoms with E-state index in [9.17, 15) is 0 Å². The molecule has 2 aliphatic rings. The summed E-state index contributed by atoms with van der Waals surface area (Å²) in [5.41, 5.74) is 7.34. The summed E-state index contributed by atoms with van der Waals surface area (Å²) in [5.74, 6) is 0. The van der Waals surface area contributed by atoms with E-state index in [0.717, 1.165) is 6.42 Å². The molecule has 0 radical (unpaired) electrons. The maximum absolute atomic E-state index is 2.91. The minimum atomic E-state index is -2.91. The average molecular weight is 427 g/mol. The number of hydrogen-bond acceptors (Lipinski definition) is 0. The summed E-state index contributed by atoms with van der Waals surface area (Å²) >= 11 is -2.91. The second-order valence-corrected chi connectivity index (χ2v) is 17.8. The molecule has 131 valence electrons. The zero-order valence-corrected chi connectivity index (χ0v) is 18.1. The van der Waals surface area contributed by atoms with Crippen LogP contribution >= 0.6 is 0 Å². The molecule has 0 aromatic heterocycles. The van der Waals surface area contributed by atoms with Crippen LogP contribution in [0.15, 0.2) is 100 Å². The van der Waals surface area contributed by atoms with Crippen molar-refractivity contribution in [3.05, 3.63) is 117 Å². The predicted octanol–water partition coefficient (Wildman–Crippen LogP) is 6.65. The van der Waals surface area contributed by atoms with Gasteiger partial charge in [0.05, 0.1) is 0 Å². The van der Waals surface area contributed by atoms with Gasteiger partial charge in [-0.25, -0.2) is 0 Å². The van der Waals surface area contributed by atoms with Crippen LogP contribution in [0.2, 0.25) is 4.63 Å². The monoisotopic (exact) mass is 425 g/mol. The summed E-state index contributed by atoms with van der Waals surface area (Å²) in [6, 6.07) is 29.1. The second kappa shape index (κ2) is 6.81. The summed E-state index contributed by atoms with van der Waals surface area (Å²) < 4.78 is 7.56. The van der Waals surface area contributed by atoms with Crippen molar-refractivity contribution in [1.29, 1.82) is 0 Å². The van der Waals surface area contributed by atoms with E-state index in [4.69, 9.17) is 0 Å². The molecule has 1 atom stereocenters. The Bertz CT molecular complexity index is 1070. The van der Waals surface area contributed by atoms with Crippen molar-refractivity contribution >= 4 is 3.71 Å². The fourth-order valence-electron chi connectivity index (χ4n) is 4.91. The number of fused-ring (bicyclic) bond motifs is 3. The van der Waals surface area contributed by atoms with Crippen molar-refractivity contribution < 1.29 is 19.8 Å². The Hall–Kier alpha value is -2.11. The molecular weight excluding hydrogens is 404 g/mol. The van der Waals surface area contributed by atoms with Gasteiger partial charge < -0.3 is 0 Å². The molecule has 0 saturated carbocycles. The van der Waals surface area contributed by atoms with Crippen molar-refractivity contribution in [3.63, 3.8) is 0 Å². The van der Waals surface area contributed by atoms with E-state index < -0.39 is 19.8 Å². The Morgan fingerprint density at radius 3 is 1.96 bits per heavy atom. The van der Waals surface area contributed by atoms with E-state index in [1.54, 1.807) is 3.28 Å². The predicted molar refractivity (Wildman–Crippen MR) is 113 cm³/mol. The van der Waals surface area contributed by atoms with Crippen molar-refractivity contribution in [2.75, 3.05) is 0 Å². The zero-order chi connectivity index (χ0) is 18.3. The van der Waals surface area contributed by atoms with Gasteiger partial charge in [-0.05, 0) is 0 Å². The number of rotatable bonds is 3. The molecule has 0 bridgehead atoms. The van der Waals surface area contributed by atoms with Crippen LogP contribution in [0.25, 0.3) is 11.1 Å². The van der Waals surface area contributed by atoms with Gasteiger partial charge in [0.2, 0.25) is 0 Å². The third-order valence-corrected chi connectivity index (χ3v) is 17.2. The molecule has 0 nitrogen and oxygen atoms in total. The van der Waals surface area contributed by atoms with Gasteiger partial charge >= 0.3 is 166 Å². The summed E-state index contributed by atoms with van der Waals surface area (Å²) in [6.45, 7) is 0. The Kier molecular flexibility index (Phi) is 4.29. The van der Waals surface area contributed by atoms with Gasteiger partial charge in [0, 0.05) is 0 Å². The quantitative estimate of drug-likeness (QED) is 0.440. The first-order valence-corrected chi connectivity index (χ1v) is 16.3. The zero-order valence-electron chi connectivity index (χ0n) is 15.6. The molecule has 5 rings (SSSR count). The summed E-state index contributed by atoms with van der Waals surface area (Å²) in [7, 11) is 0. The Balaban J connectivity index is 1.80. The van der Waals surface area contributed by atoms with Gasteiger partial charge in [0.15, 0.2) is 0 Å². The molecule has 0 amide bonds. The normalized spacial score (nSPS) is 17.1. The number of benzene rings is 3. The molecule has 2 aliphatic carbocycles. The van der Waals surface area contributed by atoms with E-state index in [0.29, 0.717) is 3.63 Å². The van der Waals surface area contributed by atoms with Crippen LogP contribution in [0, 0.1) is 0 Å². The first kappa shape index (κ1) is 17.0. The molecule has 1 heteroatoms. The third-order valence-electron chi connectivity index (χ3n) is 6.16. The summed E-state index contributed by atoms with van der Waals surface area (Å²) in [5, 5.41) is 0. The van der Waals surface area contributed by atoms with Gasteiger partial charge in [-0.1, -0.05) is 0 Å². The standard InChI is InChI=1S/C13H9.C7H6.C5H5.CH3.Zr/c1-3-7-12-10(5-1)9-11-6-2-4-8-13(11)12;1-7-5-3-2-4-6-7;1-2-4-5-3-1;;/h1-9H;1-6H;1-3H,4H2;1H3;. The molecule has 1 unspecified atom stereocenters. The van der Waals surface area contributed by atoms with Crippen LogP contribution in [0.1, 0.15) is 26.7 Å². The first-order valence-electron chi connectivity index (χ1n) is 9.73. The van der Waals surface area contributed by atoms with Crippen LogP contribution in [-0.4, -0.2) is 3.71 Å². The molecule has 0 fully saturated rings. The molecular formula is C26H23Zr. The van der Waals surface area contributed by atoms with Crippen LogP contribution < -0.4 is 0 Å². The van der Waals surface area contributed by atoms with Gasteiger partial charge in [-0.3, -0.25) is 0 Å². The van der Waals surface area contributed by atoms with Crippen molar-refractivity contribution in [2.24, 2.45) is 0 Å². The fraction of sp³-hybridized carbons (Fsp3) is 0.115. The number of hydrogen-bond donors (Lipinski definition) is 0. The Morgan fingerprint density at radius 2 is 1.37 bits per heavy atom. The molecule has 3 aromatic carbocycles. The molecule has 0 N–H and O–H groups in total. The average Bonchev–Trinajstić information content (AvgIpc) is 3.36. The summed E-state index contributed by atoms with van der Waals surface area (Å²) in [6.07, 6.45) is 8.13. The van der Waals surface area contributed by atoms with E-state index >= 15 is 0 Å². The number of allylic oxidation sites excluding steroid dienone is 4.